The summed E-state index contributed by atoms with van der Waals surface area (Å²) >= 11 is 0. The fraction of sp³-hybridized carbons (Fsp3) is 0.350. The molecular formula is C20H26N4O2. The number of aryl methyl sites for hydroxylation is 1. The molecule has 0 aliphatic heterocycles. The van der Waals surface area contributed by atoms with Crippen LogP contribution in [0.25, 0.3) is 0 Å². The van der Waals surface area contributed by atoms with E-state index in [9.17, 15) is 9.59 Å². The molecule has 2 aromatic rings. The van der Waals surface area contributed by atoms with Crippen molar-refractivity contribution in [1.82, 2.24) is 20.5 Å². The number of hydrogen-bond acceptors (Lipinski definition) is 4. The Bertz CT molecular complexity index is 759. The first-order chi connectivity index (χ1) is 12.5. The van der Waals surface area contributed by atoms with E-state index in [1.54, 1.807) is 18.2 Å². The lowest BCUT2D eigenvalue weighted by Gasteiger charge is -2.10. The SMILES string of the molecule is Cc1ccccc1CNC(=O)c1cccc(C(=O)NCCCN(C)C)n1. The van der Waals surface area contributed by atoms with Crippen molar-refractivity contribution in [1.29, 1.82) is 0 Å². The first kappa shape index (κ1) is 19.6. The van der Waals surface area contributed by atoms with Crippen LogP contribution in [0.5, 0.6) is 0 Å². The molecule has 2 amide bonds. The summed E-state index contributed by atoms with van der Waals surface area (Å²) in [5.74, 6) is -0.562. The molecule has 1 heterocycles. The van der Waals surface area contributed by atoms with E-state index in [2.05, 4.69) is 20.5 Å². The molecule has 0 aliphatic rings. The Morgan fingerprint density at radius 2 is 1.62 bits per heavy atom. The minimum atomic E-state index is -0.296. The van der Waals surface area contributed by atoms with E-state index in [1.165, 1.54) is 0 Å². The summed E-state index contributed by atoms with van der Waals surface area (Å²) < 4.78 is 0. The number of rotatable bonds is 8. The molecule has 26 heavy (non-hydrogen) atoms. The summed E-state index contributed by atoms with van der Waals surface area (Å²) in [5.41, 5.74) is 2.65. The van der Waals surface area contributed by atoms with Gasteiger partial charge in [-0.1, -0.05) is 30.3 Å². The Balaban J connectivity index is 1.92. The van der Waals surface area contributed by atoms with Crippen LogP contribution >= 0.6 is 0 Å². The van der Waals surface area contributed by atoms with Gasteiger partial charge in [0.25, 0.3) is 11.8 Å². The average molecular weight is 354 g/mol. The average Bonchev–Trinajstić information content (AvgIpc) is 2.64. The van der Waals surface area contributed by atoms with Gasteiger partial charge in [0, 0.05) is 13.1 Å². The van der Waals surface area contributed by atoms with Gasteiger partial charge >= 0.3 is 0 Å². The summed E-state index contributed by atoms with van der Waals surface area (Å²) in [5, 5.41) is 5.67. The molecule has 0 saturated carbocycles. The highest BCUT2D eigenvalue weighted by molar-refractivity contribution is 5.96. The lowest BCUT2D eigenvalue weighted by molar-refractivity contribution is 0.0942. The highest BCUT2D eigenvalue weighted by Crippen LogP contribution is 2.07. The molecule has 6 heteroatoms. The zero-order valence-corrected chi connectivity index (χ0v) is 15.6. The van der Waals surface area contributed by atoms with Crippen LogP contribution in [-0.2, 0) is 6.54 Å². The molecule has 1 aromatic heterocycles. The highest BCUT2D eigenvalue weighted by Gasteiger charge is 2.12. The Kier molecular flexibility index (Phi) is 7.29. The molecule has 138 valence electrons. The monoisotopic (exact) mass is 354 g/mol. The lowest BCUT2D eigenvalue weighted by Crippen LogP contribution is -2.29. The van der Waals surface area contributed by atoms with E-state index in [0.29, 0.717) is 13.1 Å². The topological polar surface area (TPSA) is 74.3 Å². The van der Waals surface area contributed by atoms with Crippen LogP contribution in [0.1, 0.15) is 38.5 Å². The molecule has 0 fully saturated rings. The van der Waals surface area contributed by atoms with Gasteiger partial charge in [-0.05, 0) is 57.2 Å². The molecule has 0 atom stereocenters. The van der Waals surface area contributed by atoms with E-state index in [1.807, 2.05) is 45.3 Å². The van der Waals surface area contributed by atoms with Gasteiger partial charge < -0.3 is 15.5 Å². The Morgan fingerprint density at radius 1 is 0.962 bits per heavy atom. The van der Waals surface area contributed by atoms with Crippen molar-refractivity contribution in [3.63, 3.8) is 0 Å². The van der Waals surface area contributed by atoms with Crippen LogP contribution < -0.4 is 10.6 Å². The van der Waals surface area contributed by atoms with Crippen molar-refractivity contribution in [2.24, 2.45) is 0 Å². The van der Waals surface area contributed by atoms with Crippen molar-refractivity contribution in [3.05, 3.63) is 65.0 Å². The minimum Gasteiger partial charge on any atom is -0.351 e. The predicted octanol–water partition coefficient (Wildman–Crippen LogP) is 2.00. The number of carbonyl (C=O) groups is 2. The van der Waals surface area contributed by atoms with Gasteiger partial charge in [-0.25, -0.2) is 4.98 Å². The fourth-order valence-corrected chi connectivity index (χ4v) is 2.45. The van der Waals surface area contributed by atoms with Crippen LogP contribution in [0.4, 0.5) is 0 Å². The van der Waals surface area contributed by atoms with Crippen molar-refractivity contribution in [2.45, 2.75) is 19.9 Å². The Morgan fingerprint density at radius 3 is 2.27 bits per heavy atom. The van der Waals surface area contributed by atoms with Crippen molar-refractivity contribution in [3.8, 4) is 0 Å². The number of pyridine rings is 1. The molecule has 0 aliphatic carbocycles. The van der Waals surface area contributed by atoms with Crippen LogP contribution in [0.3, 0.4) is 0 Å². The summed E-state index contributed by atoms with van der Waals surface area (Å²) in [4.78, 5) is 30.7. The lowest BCUT2D eigenvalue weighted by atomic mass is 10.1. The van der Waals surface area contributed by atoms with Crippen molar-refractivity contribution in [2.75, 3.05) is 27.2 Å². The molecule has 2 rings (SSSR count). The molecule has 0 radical (unpaired) electrons. The Labute approximate surface area is 154 Å². The maximum absolute atomic E-state index is 12.3. The number of nitrogens with one attached hydrogen (secondary N) is 2. The van der Waals surface area contributed by atoms with Crippen molar-refractivity contribution < 1.29 is 9.59 Å². The van der Waals surface area contributed by atoms with Gasteiger partial charge in [0.05, 0.1) is 0 Å². The first-order valence-electron chi connectivity index (χ1n) is 8.70. The molecular weight excluding hydrogens is 328 g/mol. The number of benzene rings is 1. The maximum atomic E-state index is 12.3. The number of aromatic nitrogens is 1. The van der Waals surface area contributed by atoms with E-state index in [-0.39, 0.29) is 23.2 Å². The number of amides is 2. The number of carbonyl (C=O) groups excluding carboxylic acids is 2. The summed E-state index contributed by atoms with van der Waals surface area (Å²) in [7, 11) is 3.98. The molecule has 1 aromatic carbocycles. The predicted molar refractivity (Wildman–Crippen MR) is 102 cm³/mol. The maximum Gasteiger partial charge on any atom is 0.270 e. The molecule has 2 N–H and O–H groups in total. The molecule has 0 unspecified atom stereocenters. The smallest absolute Gasteiger partial charge is 0.270 e. The second-order valence-corrected chi connectivity index (χ2v) is 6.43. The summed E-state index contributed by atoms with van der Waals surface area (Å²) in [6.07, 6.45) is 0.856. The van der Waals surface area contributed by atoms with E-state index < -0.39 is 0 Å². The quantitative estimate of drug-likeness (QED) is 0.711. The largest absolute Gasteiger partial charge is 0.351 e. The molecule has 0 bridgehead atoms. The zero-order valence-electron chi connectivity index (χ0n) is 15.6. The van der Waals surface area contributed by atoms with Gasteiger partial charge in [-0.3, -0.25) is 9.59 Å². The normalized spacial score (nSPS) is 10.6. The second kappa shape index (κ2) is 9.68. The third-order valence-electron chi connectivity index (χ3n) is 3.98. The third-order valence-corrected chi connectivity index (χ3v) is 3.98. The highest BCUT2D eigenvalue weighted by atomic mass is 16.2. The number of nitrogens with zero attached hydrogens (tertiary/aromatic N) is 2. The van der Waals surface area contributed by atoms with Gasteiger partial charge in [0.15, 0.2) is 0 Å². The molecule has 0 spiro atoms. The summed E-state index contributed by atoms with van der Waals surface area (Å²) in [6.45, 7) is 3.90. The van der Waals surface area contributed by atoms with Crippen LogP contribution in [0.2, 0.25) is 0 Å². The second-order valence-electron chi connectivity index (χ2n) is 6.43. The van der Waals surface area contributed by atoms with Crippen LogP contribution in [0, 0.1) is 6.92 Å². The number of hydrogen-bond donors (Lipinski definition) is 2. The van der Waals surface area contributed by atoms with Gasteiger partial charge in [0.1, 0.15) is 11.4 Å². The third kappa shape index (κ3) is 5.97. The standard InChI is InChI=1S/C20H26N4O2/c1-15-8-4-5-9-16(15)14-22-20(26)18-11-6-10-17(23-18)19(25)21-12-7-13-24(2)3/h4-6,8-11H,7,12-14H2,1-3H3,(H,21,25)(H,22,26). The zero-order chi connectivity index (χ0) is 18.9. The van der Waals surface area contributed by atoms with Crippen LogP contribution in [0.15, 0.2) is 42.5 Å². The van der Waals surface area contributed by atoms with Gasteiger partial charge in [0.2, 0.25) is 0 Å². The van der Waals surface area contributed by atoms with E-state index >= 15 is 0 Å². The van der Waals surface area contributed by atoms with Gasteiger partial charge in [-0.2, -0.15) is 0 Å². The molecule has 0 saturated heterocycles. The molecule has 6 nitrogen and oxygen atoms in total. The summed E-state index contributed by atoms with van der Waals surface area (Å²) in [6, 6.07) is 12.8. The Hall–Kier alpha value is -2.73. The van der Waals surface area contributed by atoms with Gasteiger partial charge in [-0.15, -0.1) is 0 Å². The van der Waals surface area contributed by atoms with E-state index in [0.717, 1.165) is 24.1 Å². The van der Waals surface area contributed by atoms with Crippen molar-refractivity contribution >= 4 is 11.8 Å². The minimum absolute atomic E-state index is 0.236. The van der Waals surface area contributed by atoms with E-state index in [4.69, 9.17) is 0 Å². The fourth-order valence-electron chi connectivity index (χ4n) is 2.45. The van der Waals surface area contributed by atoms with Crippen LogP contribution in [-0.4, -0.2) is 48.9 Å². The first-order valence-corrected chi connectivity index (χ1v) is 8.70.